The van der Waals surface area contributed by atoms with E-state index in [4.69, 9.17) is 9.84 Å². The first-order chi connectivity index (χ1) is 16.2. The molecule has 0 bridgehead atoms. The molecule has 0 aliphatic carbocycles. The van der Waals surface area contributed by atoms with Crippen LogP contribution in [0.25, 0.3) is 0 Å². The predicted octanol–water partition coefficient (Wildman–Crippen LogP) is 1.59. The average molecular weight is 492 g/mol. The number of carbonyl (C=O) groups is 2. The summed E-state index contributed by atoms with van der Waals surface area (Å²) in [5.41, 5.74) is 1.34. The third kappa shape index (κ3) is 6.61. The van der Waals surface area contributed by atoms with Crippen LogP contribution in [0.5, 0.6) is 5.75 Å². The fraction of sp³-hybridized carbons (Fsp3) is 0.391. The van der Waals surface area contributed by atoms with Crippen molar-refractivity contribution in [1.82, 2.24) is 10.6 Å². The van der Waals surface area contributed by atoms with Crippen LogP contribution in [0.1, 0.15) is 29.3 Å². The SMILES string of the molecule is CCOc1cc(C(=O)N[C@@H](Cc2ccccc2)[C@H](O)CNC(=O)O)cc(N2CCCS2(=O)=O)c1. The Balaban J connectivity index is 1.87. The molecule has 2 aromatic rings. The second-order valence-corrected chi connectivity index (χ2v) is 9.93. The summed E-state index contributed by atoms with van der Waals surface area (Å²) < 4.78 is 31.6. The number of benzene rings is 2. The average Bonchev–Trinajstić information content (AvgIpc) is 3.16. The Bertz CT molecular complexity index is 1110. The molecule has 2 aromatic carbocycles. The Morgan fingerprint density at radius 2 is 1.91 bits per heavy atom. The van der Waals surface area contributed by atoms with Crippen molar-refractivity contribution in [1.29, 1.82) is 0 Å². The highest BCUT2D eigenvalue weighted by molar-refractivity contribution is 7.93. The smallest absolute Gasteiger partial charge is 0.404 e. The topological polar surface area (TPSA) is 145 Å². The maximum absolute atomic E-state index is 13.2. The Morgan fingerprint density at radius 3 is 2.53 bits per heavy atom. The van der Waals surface area contributed by atoms with Gasteiger partial charge in [-0.25, -0.2) is 13.2 Å². The van der Waals surface area contributed by atoms with E-state index in [9.17, 15) is 23.1 Å². The molecule has 1 heterocycles. The predicted molar refractivity (Wildman–Crippen MR) is 127 cm³/mol. The van der Waals surface area contributed by atoms with Crippen LogP contribution in [0.15, 0.2) is 48.5 Å². The van der Waals surface area contributed by atoms with Gasteiger partial charge in [-0.3, -0.25) is 9.10 Å². The number of anilines is 1. The van der Waals surface area contributed by atoms with E-state index in [2.05, 4.69) is 10.6 Å². The molecule has 11 heteroatoms. The summed E-state index contributed by atoms with van der Waals surface area (Å²) in [6.45, 7) is 2.15. The molecule has 34 heavy (non-hydrogen) atoms. The van der Waals surface area contributed by atoms with Gasteiger partial charge in [0.2, 0.25) is 10.0 Å². The second-order valence-electron chi connectivity index (χ2n) is 7.91. The molecule has 10 nitrogen and oxygen atoms in total. The Kier molecular flexibility index (Phi) is 8.35. The number of aliphatic hydroxyl groups is 1. The Morgan fingerprint density at radius 1 is 1.18 bits per heavy atom. The molecule has 1 fully saturated rings. The molecule has 1 aliphatic rings. The van der Waals surface area contributed by atoms with Gasteiger partial charge >= 0.3 is 6.09 Å². The van der Waals surface area contributed by atoms with Crippen molar-refractivity contribution in [2.45, 2.75) is 31.9 Å². The van der Waals surface area contributed by atoms with E-state index in [0.717, 1.165) is 5.56 Å². The molecule has 4 N–H and O–H groups in total. The van der Waals surface area contributed by atoms with Crippen LogP contribution < -0.4 is 19.7 Å². The molecular formula is C23H29N3O7S. The Labute approximate surface area is 198 Å². The molecule has 184 valence electrons. The van der Waals surface area contributed by atoms with Gasteiger partial charge in [0.25, 0.3) is 5.91 Å². The third-order valence-corrected chi connectivity index (χ3v) is 7.26. The number of nitrogens with zero attached hydrogens (tertiary/aromatic N) is 1. The van der Waals surface area contributed by atoms with E-state index in [1.807, 2.05) is 30.3 Å². The molecule has 1 aliphatic heterocycles. The van der Waals surface area contributed by atoms with Crippen LogP contribution in [0.4, 0.5) is 10.5 Å². The third-order valence-electron chi connectivity index (χ3n) is 5.39. The zero-order chi connectivity index (χ0) is 24.7. The van der Waals surface area contributed by atoms with Crippen LogP contribution in [0.2, 0.25) is 0 Å². The molecule has 0 aromatic heterocycles. The highest BCUT2D eigenvalue weighted by Gasteiger charge is 2.30. The lowest BCUT2D eigenvalue weighted by Crippen LogP contribution is -2.49. The molecule has 0 saturated carbocycles. The fourth-order valence-electron chi connectivity index (χ4n) is 3.78. The number of hydrogen-bond acceptors (Lipinski definition) is 6. The zero-order valence-corrected chi connectivity index (χ0v) is 19.6. The first kappa shape index (κ1) is 25.3. The van der Waals surface area contributed by atoms with Gasteiger partial charge in [-0.1, -0.05) is 30.3 Å². The first-order valence-electron chi connectivity index (χ1n) is 11.0. The number of aliphatic hydroxyl groups excluding tert-OH is 1. The largest absolute Gasteiger partial charge is 0.494 e. The van der Waals surface area contributed by atoms with Crippen molar-refractivity contribution in [3.8, 4) is 5.75 Å². The first-order valence-corrected chi connectivity index (χ1v) is 12.6. The van der Waals surface area contributed by atoms with Crippen LogP contribution >= 0.6 is 0 Å². The minimum atomic E-state index is -3.46. The minimum absolute atomic E-state index is 0.0370. The molecule has 0 radical (unpaired) electrons. The van der Waals surface area contributed by atoms with Crippen molar-refractivity contribution in [3.63, 3.8) is 0 Å². The molecule has 1 saturated heterocycles. The monoisotopic (exact) mass is 491 g/mol. The zero-order valence-electron chi connectivity index (χ0n) is 18.8. The van der Waals surface area contributed by atoms with E-state index in [-0.39, 0.29) is 24.3 Å². The number of rotatable bonds is 10. The van der Waals surface area contributed by atoms with Crippen molar-refractivity contribution in [3.05, 3.63) is 59.7 Å². The van der Waals surface area contributed by atoms with Crippen molar-refractivity contribution in [2.24, 2.45) is 0 Å². The normalized spacial score (nSPS) is 16.5. The van der Waals surface area contributed by atoms with Crippen LogP contribution in [0, 0.1) is 0 Å². The van der Waals surface area contributed by atoms with Crippen LogP contribution in [-0.4, -0.2) is 68.2 Å². The summed E-state index contributed by atoms with van der Waals surface area (Å²) in [4.78, 5) is 24.1. The van der Waals surface area contributed by atoms with Crippen molar-refractivity contribution in [2.75, 3.05) is 29.8 Å². The van der Waals surface area contributed by atoms with Crippen molar-refractivity contribution >= 4 is 27.7 Å². The number of hydrogen-bond donors (Lipinski definition) is 4. The van der Waals surface area contributed by atoms with Crippen molar-refractivity contribution < 1.29 is 33.0 Å². The van der Waals surface area contributed by atoms with Gasteiger partial charge in [-0.05, 0) is 37.5 Å². The van der Waals surface area contributed by atoms with E-state index < -0.39 is 34.2 Å². The lowest BCUT2D eigenvalue weighted by Gasteiger charge is -2.25. The van der Waals surface area contributed by atoms with E-state index in [1.165, 1.54) is 16.4 Å². The Hall–Kier alpha value is -3.31. The molecule has 3 rings (SSSR count). The highest BCUT2D eigenvalue weighted by atomic mass is 32.2. The molecular weight excluding hydrogens is 462 g/mol. The van der Waals surface area contributed by atoms with Crippen LogP contribution in [0.3, 0.4) is 0 Å². The standard InChI is InChI=1S/C23H29N3O7S/c1-2-33-19-13-17(12-18(14-19)26-9-6-10-34(26,31)32)22(28)25-20(21(27)15-24-23(29)30)11-16-7-4-3-5-8-16/h3-5,7-8,12-14,20-21,24,27H,2,6,9-11,15H2,1H3,(H,25,28)(H,29,30)/t20-,21+/m0/s1. The summed E-state index contributed by atoms with van der Waals surface area (Å²) in [5.74, 6) is -0.162. The molecule has 0 spiro atoms. The number of carboxylic acid groups (broad SMARTS) is 1. The number of nitrogens with one attached hydrogen (secondary N) is 2. The number of ether oxygens (including phenoxy) is 1. The molecule has 2 atom stereocenters. The van der Waals surface area contributed by atoms with E-state index in [1.54, 1.807) is 13.0 Å². The fourth-order valence-corrected chi connectivity index (χ4v) is 5.32. The summed E-state index contributed by atoms with van der Waals surface area (Å²) in [6.07, 6.45) is -1.74. The van der Waals surface area contributed by atoms with Gasteiger partial charge < -0.3 is 25.6 Å². The highest BCUT2D eigenvalue weighted by Crippen LogP contribution is 2.29. The van der Waals surface area contributed by atoms with E-state index >= 15 is 0 Å². The number of carbonyl (C=O) groups excluding carboxylic acids is 1. The summed E-state index contributed by atoms with van der Waals surface area (Å²) in [5, 5.41) is 24.4. The van der Waals surface area contributed by atoms with Gasteiger partial charge in [-0.15, -0.1) is 0 Å². The second kappa shape index (κ2) is 11.2. The summed E-state index contributed by atoms with van der Waals surface area (Å²) in [7, 11) is -3.46. The molecule has 0 unspecified atom stereocenters. The molecule has 2 amide bonds. The minimum Gasteiger partial charge on any atom is -0.494 e. The number of sulfonamides is 1. The lowest BCUT2D eigenvalue weighted by molar-refractivity contribution is 0.0829. The number of amides is 2. The van der Waals surface area contributed by atoms with Gasteiger partial charge in [-0.2, -0.15) is 0 Å². The summed E-state index contributed by atoms with van der Waals surface area (Å²) >= 11 is 0. The van der Waals surface area contributed by atoms with Gasteiger partial charge in [0.1, 0.15) is 5.75 Å². The maximum atomic E-state index is 13.2. The maximum Gasteiger partial charge on any atom is 0.404 e. The van der Waals surface area contributed by atoms with Gasteiger partial charge in [0, 0.05) is 24.7 Å². The lowest BCUT2D eigenvalue weighted by atomic mass is 10.0. The summed E-state index contributed by atoms with van der Waals surface area (Å²) in [6, 6.07) is 12.9. The quantitative estimate of drug-likeness (QED) is 0.395. The van der Waals surface area contributed by atoms with Crippen LogP contribution in [-0.2, 0) is 16.4 Å². The van der Waals surface area contributed by atoms with Gasteiger partial charge in [0.15, 0.2) is 0 Å². The van der Waals surface area contributed by atoms with Gasteiger partial charge in [0.05, 0.1) is 30.2 Å². The van der Waals surface area contributed by atoms with E-state index in [0.29, 0.717) is 31.0 Å².